The number of hydrogen-bond donors (Lipinski definition) is 1. The third-order valence-corrected chi connectivity index (χ3v) is 2.30. The fourth-order valence-corrected chi connectivity index (χ4v) is 1.46. The Morgan fingerprint density at radius 2 is 2.36 bits per heavy atom. The molecule has 0 saturated heterocycles. The fourth-order valence-electron chi connectivity index (χ4n) is 1.46. The van der Waals surface area contributed by atoms with Crippen molar-refractivity contribution in [3.05, 3.63) is 30.7 Å². The first-order chi connectivity index (χ1) is 6.70. The molecule has 0 amide bonds. The highest BCUT2D eigenvalue weighted by Gasteiger charge is 2.14. The van der Waals surface area contributed by atoms with Gasteiger partial charge in [-0.05, 0) is 19.1 Å². The standard InChI is InChI=1S/C10H10N2O2/c1-7(10(13)14)12-5-3-8-6-11-4-2-9(8)12/h2-7H,1H3,(H,13,14). The molecule has 0 aliphatic rings. The number of carboxylic acid groups (broad SMARTS) is 1. The lowest BCUT2D eigenvalue weighted by molar-refractivity contribution is -0.140. The molecule has 0 aliphatic heterocycles. The number of carbonyl (C=O) groups is 1. The summed E-state index contributed by atoms with van der Waals surface area (Å²) in [5.41, 5.74) is 0.898. The van der Waals surface area contributed by atoms with Crippen molar-refractivity contribution in [3.63, 3.8) is 0 Å². The summed E-state index contributed by atoms with van der Waals surface area (Å²) in [5, 5.41) is 9.84. The van der Waals surface area contributed by atoms with Gasteiger partial charge in [-0.1, -0.05) is 0 Å². The molecule has 1 unspecified atom stereocenters. The number of hydrogen-bond acceptors (Lipinski definition) is 2. The van der Waals surface area contributed by atoms with E-state index in [-0.39, 0.29) is 0 Å². The summed E-state index contributed by atoms with van der Waals surface area (Å²) in [5.74, 6) is -0.834. The first-order valence-corrected chi connectivity index (χ1v) is 4.33. The summed E-state index contributed by atoms with van der Waals surface area (Å²) in [6, 6.07) is 3.13. The summed E-state index contributed by atoms with van der Waals surface area (Å²) in [6.07, 6.45) is 5.15. The Balaban J connectivity index is 2.58. The van der Waals surface area contributed by atoms with Crippen LogP contribution in [0.25, 0.3) is 10.9 Å². The van der Waals surface area contributed by atoms with E-state index in [9.17, 15) is 4.79 Å². The molecule has 14 heavy (non-hydrogen) atoms. The minimum atomic E-state index is -0.834. The molecule has 2 rings (SSSR count). The summed E-state index contributed by atoms with van der Waals surface area (Å²) < 4.78 is 1.72. The third-order valence-electron chi connectivity index (χ3n) is 2.30. The van der Waals surface area contributed by atoms with Crippen molar-refractivity contribution in [3.8, 4) is 0 Å². The van der Waals surface area contributed by atoms with E-state index < -0.39 is 12.0 Å². The predicted octanol–water partition coefficient (Wildman–Crippen LogP) is 1.68. The Hall–Kier alpha value is -1.84. The zero-order valence-corrected chi connectivity index (χ0v) is 7.71. The second-order valence-electron chi connectivity index (χ2n) is 3.17. The van der Waals surface area contributed by atoms with Crippen LogP contribution in [0.3, 0.4) is 0 Å². The Bertz CT molecular complexity index is 476. The van der Waals surface area contributed by atoms with Gasteiger partial charge < -0.3 is 9.67 Å². The van der Waals surface area contributed by atoms with Gasteiger partial charge in [-0.15, -0.1) is 0 Å². The van der Waals surface area contributed by atoms with Crippen LogP contribution in [0.2, 0.25) is 0 Å². The molecule has 2 aromatic rings. The lowest BCUT2D eigenvalue weighted by Crippen LogP contribution is -2.14. The Morgan fingerprint density at radius 1 is 1.57 bits per heavy atom. The maximum absolute atomic E-state index is 10.8. The molecule has 4 nitrogen and oxygen atoms in total. The average Bonchev–Trinajstić information content (AvgIpc) is 2.60. The van der Waals surface area contributed by atoms with E-state index in [1.807, 2.05) is 12.1 Å². The van der Waals surface area contributed by atoms with Gasteiger partial charge in [-0.3, -0.25) is 4.98 Å². The van der Waals surface area contributed by atoms with Gasteiger partial charge in [0, 0.05) is 24.0 Å². The minimum absolute atomic E-state index is 0.546. The van der Waals surface area contributed by atoms with Crippen molar-refractivity contribution in [2.45, 2.75) is 13.0 Å². The predicted molar refractivity (Wildman–Crippen MR) is 52.1 cm³/mol. The van der Waals surface area contributed by atoms with Crippen molar-refractivity contribution in [1.82, 2.24) is 9.55 Å². The van der Waals surface area contributed by atoms with Crippen LogP contribution in [-0.4, -0.2) is 20.6 Å². The highest BCUT2D eigenvalue weighted by atomic mass is 16.4. The number of pyridine rings is 1. The van der Waals surface area contributed by atoms with Crippen LogP contribution in [0.1, 0.15) is 13.0 Å². The molecule has 0 saturated carbocycles. The Morgan fingerprint density at radius 3 is 3.07 bits per heavy atom. The molecule has 4 heteroatoms. The first kappa shape index (κ1) is 8.74. The summed E-state index contributed by atoms with van der Waals surface area (Å²) >= 11 is 0. The molecule has 0 aliphatic carbocycles. The van der Waals surface area contributed by atoms with Gasteiger partial charge in [-0.2, -0.15) is 0 Å². The van der Waals surface area contributed by atoms with E-state index in [0.717, 1.165) is 10.9 Å². The topological polar surface area (TPSA) is 55.1 Å². The highest BCUT2D eigenvalue weighted by Crippen LogP contribution is 2.18. The van der Waals surface area contributed by atoms with Crippen molar-refractivity contribution in [1.29, 1.82) is 0 Å². The van der Waals surface area contributed by atoms with E-state index in [2.05, 4.69) is 4.98 Å². The highest BCUT2D eigenvalue weighted by molar-refractivity contribution is 5.82. The molecule has 2 heterocycles. The van der Waals surface area contributed by atoms with E-state index in [4.69, 9.17) is 5.11 Å². The Kier molecular flexibility index (Phi) is 1.96. The lowest BCUT2D eigenvalue weighted by Gasteiger charge is -2.09. The number of rotatable bonds is 2. The molecule has 1 atom stereocenters. The zero-order chi connectivity index (χ0) is 10.1. The fraction of sp³-hybridized carbons (Fsp3) is 0.200. The van der Waals surface area contributed by atoms with Gasteiger partial charge in [0.15, 0.2) is 0 Å². The quantitative estimate of drug-likeness (QED) is 0.783. The summed E-state index contributed by atoms with van der Waals surface area (Å²) in [6.45, 7) is 1.65. The maximum atomic E-state index is 10.8. The van der Waals surface area contributed by atoms with Crippen LogP contribution in [0.15, 0.2) is 30.7 Å². The zero-order valence-electron chi connectivity index (χ0n) is 7.71. The van der Waals surface area contributed by atoms with E-state index >= 15 is 0 Å². The normalized spacial score (nSPS) is 12.9. The summed E-state index contributed by atoms with van der Waals surface area (Å²) in [7, 11) is 0. The van der Waals surface area contributed by atoms with E-state index in [1.54, 1.807) is 30.1 Å². The van der Waals surface area contributed by atoms with Gasteiger partial charge in [-0.25, -0.2) is 4.79 Å². The SMILES string of the molecule is CC(C(=O)O)n1ccc2cnccc21. The van der Waals surface area contributed by atoms with E-state index in [1.165, 1.54) is 0 Å². The van der Waals surface area contributed by atoms with Crippen molar-refractivity contribution < 1.29 is 9.90 Å². The van der Waals surface area contributed by atoms with Gasteiger partial charge in [0.25, 0.3) is 0 Å². The molecule has 0 aromatic carbocycles. The number of aliphatic carboxylic acids is 1. The van der Waals surface area contributed by atoms with Crippen LogP contribution in [0.5, 0.6) is 0 Å². The smallest absolute Gasteiger partial charge is 0.326 e. The number of nitrogens with zero attached hydrogens (tertiary/aromatic N) is 2. The molecule has 0 bridgehead atoms. The lowest BCUT2D eigenvalue weighted by atomic mass is 10.3. The minimum Gasteiger partial charge on any atom is -0.480 e. The molecule has 0 radical (unpaired) electrons. The number of aromatic nitrogens is 2. The molecule has 2 aromatic heterocycles. The van der Waals surface area contributed by atoms with Crippen LogP contribution in [0.4, 0.5) is 0 Å². The van der Waals surface area contributed by atoms with Crippen molar-refractivity contribution in [2.24, 2.45) is 0 Å². The monoisotopic (exact) mass is 190 g/mol. The van der Waals surface area contributed by atoms with Crippen LogP contribution >= 0.6 is 0 Å². The van der Waals surface area contributed by atoms with E-state index in [0.29, 0.717) is 0 Å². The maximum Gasteiger partial charge on any atom is 0.326 e. The molecular weight excluding hydrogens is 180 g/mol. The third kappa shape index (κ3) is 1.25. The molecule has 1 N–H and O–H groups in total. The van der Waals surface area contributed by atoms with Crippen LogP contribution in [0, 0.1) is 0 Å². The number of carboxylic acids is 1. The van der Waals surface area contributed by atoms with Gasteiger partial charge in [0.1, 0.15) is 6.04 Å². The number of fused-ring (bicyclic) bond motifs is 1. The van der Waals surface area contributed by atoms with Gasteiger partial charge >= 0.3 is 5.97 Å². The van der Waals surface area contributed by atoms with Gasteiger partial charge in [0.2, 0.25) is 0 Å². The van der Waals surface area contributed by atoms with Gasteiger partial charge in [0.05, 0.1) is 5.52 Å². The summed E-state index contributed by atoms with van der Waals surface area (Å²) in [4.78, 5) is 14.8. The average molecular weight is 190 g/mol. The first-order valence-electron chi connectivity index (χ1n) is 4.33. The van der Waals surface area contributed by atoms with Crippen LogP contribution in [-0.2, 0) is 4.79 Å². The second kappa shape index (κ2) is 3.14. The molecular formula is C10H10N2O2. The molecule has 0 fully saturated rings. The van der Waals surface area contributed by atoms with Crippen molar-refractivity contribution >= 4 is 16.9 Å². The van der Waals surface area contributed by atoms with Crippen molar-refractivity contribution in [2.75, 3.05) is 0 Å². The Labute approximate surface area is 80.8 Å². The largest absolute Gasteiger partial charge is 0.480 e. The molecule has 0 spiro atoms. The second-order valence-corrected chi connectivity index (χ2v) is 3.17. The molecule has 72 valence electrons. The van der Waals surface area contributed by atoms with Crippen LogP contribution < -0.4 is 0 Å².